The third kappa shape index (κ3) is 4.10. The summed E-state index contributed by atoms with van der Waals surface area (Å²) in [7, 11) is 1.97. The fourth-order valence-corrected chi connectivity index (χ4v) is 3.06. The van der Waals surface area contributed by atoms with Crippen LogP contribution in [0.5, 0.6) is 0 Å². The van der Waals surface area contributed by atoms with Crippen LogP contribution in [0.2, 0.25) is 0 Å². The number of hydrogen-bond acceptors (Lipinski definition) is 2. The van der Waals surface area contributed by atoms with Crippen LogP contribution in [0.1, 0.15) is 57.1 Å². The number of carbonyl (C=O) groups excluding carboxylic acids is 1. The lowest BCUT2D eigenvalue weighted by molar-refractivity contribution is -0.122. The molecule has 1 aliphatic rings. The Kier molecular flexibility index (Phi) is 5.65. The quantitative estimate of drug-likeness (QED) is 0.839. The van der Waals surface area contributed by atoms with E-state index in [9.17, 15) is 4.79 Å². The molecule has 0 spiro atoms. The van der Waals surface area contributed by atoms with Crippen molar-refractivity contribution in [2.24, 2.45) is 0 Å². The molecule has 1 aromatic heterocycles. The van der Waals surface area contributed by atoms with Crippen LogP contribution in [0.4, 0.5) is 0 Å². The minimum absolute atomic E-state index is 0.136. The molecule has 112 valence electrons. The molecule has 1 amide bonds. The minimum atomic E-state index is 0.136. The van der Waals surface area contributed by atoms with Gasteiger partial charge in [-0.25, -0.2) is 0 Å². The summed E-state index contributed by atoms with van der Waals surface area (Å²) in [6, 6.07) is 2.86. The van der Waals surface area contributed by atoms with Gasteiger partial charge in [0.2, 0.25) is 5.91 Å². The van der Waals surface area contributed by atoms with E-state index >= 15 is 0 Å². The molecule has 1 saturated carbocycles. The largest absolute Gasteiger partial charge is 0.352 e. The van der Waals surface area contributed by atoms with Gasteiger partial charge in [-0.3, -0.25) is 4.79 Å². The monoisotopic (exact) mass is 277 g/mol. The average molecular weight is 277 g/mol. The zero-order chi connectivity index (χ0) is 14.4. The first-order chi connectivity index (χ1) is 9.72. The van der Waals surface area contributed by atoms with Gasteiger partial charge >= 0.3 is 0 Å². The molecule has 4 nitrogen and oxygen atoms in total. The summed E-state index contributed by atoms with van der Waals surface area (Å²) in [5.41, 5.74) is 1.25. The van der Waals surface area contributed by atoms with Gasteiger partial charge < -0.3 is 15.2 Å². The van der Waals surface area contributed by atoms with Crippen molar-refractivity contribution in [3.8, 4) is 0 Å². The highest BCUT2D eigenvalue weighted by Crippen LogP contribution is 2.18. The van der Waals surface area contributed by atoms with Crippen molar-refractivity contribution < 1.29 is 4.79 Å². The maximum absolute atomic E-state index is 12.1. The SMILES string of the molecule is CCC(NC)c1ccn(CC(=O)NC2CCCCC2)c1. The Balaban J connectivity index is 1.84. The molecule has 1 aromatic rings. The van der Waals surface area contributed by atoms with Crippen LogP contribution in [0, 0.1) is 0 Å². The first-order valence-corrected chi connectivity index (χ1v) is 7.85. The first kappa shape index (κ1) is 15.1. The summed E-state index contributed by atoms with van der Waals surface area (Å²) in [4.78, 5) is 12.1. The molecule has 1 atom stereocenters. The van der Waals surface area contributed by atoms with Crippen molar-refractivity contribution in [3.05, 3.63) is 24.0 Å². The molecule has 0 radical (unpaired) electrons. The molecule has 1 heterocycles. The number of carbonyl (C=O) groups is 1. The van der Waals surface area contributed by atoms with E-state index in [0.29, 0.717) is 18.6 Å². The van der Waals surface area contributed by atoms with E-state index in [1.54, 1.807) is 0 Å². The molecule has 4 heteroatoms. The third-order valence-corrected chi connectivity index (χ3v) is 4.23. The minimum Gasteiger partial charge on any atom is -0.352 e. The summed E-state index contributed by atoms with van der Waals surface area (Å²) in [6.07, 6.45) is 11.2. The molecular formula is C16H27N3O. The Morgan fingerprint density at radius 2 is 2.15 bits per heavy atom. The van der Waals surface area contributed by atoms with Gasteiger partial charge in [-0.05, 0) is 37.9 Å². The predicted octanol–water partition coefficient (Wildman–Crippen LogP) is 2.61. The molecule has 2 rings (SSSR count). The van der Waals surface area contributed by atoms with Crippen molar-refractivity contribution in [3.63, 3.8) is 0 Å². The molecule has 0 aliphatic heterocycles. The van der Waals surface area contributed by atoms with Gasteiger partial charge in [-0.1, -0.05) is 26.2 Å². The number of aromatic nitrogens is 1. The lowest BCUT2D eigenvalue weighted by Gasteiger charge is -2.22. The second-order valence-electron chi connectivity index (χ2n) is 5.77. The summed E-state index contributed by atoms with van der Waals surface area (Å²) < 4.78 is 1.98. The zero-order valence-corrected chi connectivity index (χ0v) is 12.7. The molecule has 1 fully saturated rings. The third-order valence-electron chi connectivity index (χ3n) is 4.23. The average Bonchev–Trinajstić information content (AvgIpc) is 2.89. The summed E-state index contributed by atoms with van der Waals surface area (Å²) in [5.74, 6) is 0.136. The topological polar surface area (TPSA) is 46.1 Å². The summed E-state index contributed by atoms with van der Waals surface area (Å²) >= 11 is 0. The number of amides is 1. The smallest absolute Gasteiger partial charge is 0.240 e. The predicted molar refractivity (Wildman–Crippen MR) is 81.5 cm³/mol. The van der Waals surface area contributed by atoms with Crippen LogP contribution in [0.3, 0.4) is 0 Å². The van der Waals surface area contributed by atoms with Crippen LogP contribution in [0.15, 0.2) is 18.5 Å². The molecule has 0 bridgehead atoms. The molecule has 20 heavy (non-hydrogen) atoms. The standard InChI is InChI=1S/C16H27N3O/c1-3-15(17-2)13-9-10-19(11-13)12-16(20)18-14-7-5-4-6-8-14/h9-11,14-15,17H,3-8,12H2,1-2H3,(H,18,20). The van der Waals surface area contributed by atoms with E-state index in [0.717, 1.165) is 19.3 Å². The number of nitrogens with zero attached hydrogens (tertiary/aromatic N) is 1. The Morgan fingerprint density at radius 3 is 2.80 bits per heavy atom. The van der Waals surface area contributed by atoms with E-state index in [4.69, 9.17) is 0 Å². The lowest BCUT2D eigenvalue weighted by Crippen LogP contribution is -2.38. The van der Waals surface area contributed by atoms with Gasteiger partial charge in [0, 0.05) is 24.5 Å². The van der Waals surface area contributed by atoms with Crippen LogP contribution < -0.4 is 10.6 Å². The Morgan fingerprint density at radius 1 is 1.40 bits per heavy atom. The van der Waals surface area contributed by atoms with Gasteiger partial charge in [0.25, 0.3) is 0 Å². The Labute approximate surface area is 121 Å². The lowest BCUT2D eigenvalue weighted by atomic mass is 9.95. The van der Waals surface area contributed by atoms with E-state index < -0.39 is 0 Å². The van der Waals surface area contributed by atoms with Crippen molar-refractivity contribution in [1.82, 2.24) is 15.2 Å². The highest BCUT2D eigenvalue weighted by Gasteiger charge is 2.16. The molecule has 1 unspecified atom stereocenters. The van der Waals surface area contributed by atoms with E-state index in [-0.39, 0.29) is 5.91 Å². The summed E-state index contributed by atoms with van der Waals surface area (Å²) in [5, 5.41) is 6.44. The number of rotatable bonds is 6. The summed E-state index contributed by atoms with van der Waals surface area (Å²) in [6.45, 7) is 2.59. The van der Waals surface area contributed by atoms with Crippen LogP contribution >= 0.6 is 0 Å². The van der Waals surface area contributed by atoms with Crippen molar-refractivity contribution in [1.29, 1.82) is 0 Å². The highest BCUT2D eigenvalue weighted by atomic mass is 16.2. The van der Waals surface area contributed by atoms with Crippen LogP contribution in [-0.2, 0) is 11.3 Å². The zero-order valence-electron chi connectivity index (χ0n) is 12.7. The first-order valence-electron chi connectivity index (χ1n) is 7.85. The van der Waals surface area contributed by atoms with Gasteiger partial charge in [0.15, 0.2) is 0 Å². The highest BCUT2D eigenvalue weighted by molar-refractivity contribution is 5.76. The van der Waals surface area contributed by atoms with Crippen molar-refractivity contribution >= 4 is 5.91 Å². The Hall–Kier alpha value is -1.29. The van der Waals surface area contributed by atoms with Gasteiger partial charge in [0.1, 0.15) is 6.54 Å². The van der Waals surface area contributed by atoms with E-state index in [2.05, 4.69) is 29.8 Å². The number of hydrogen-bond donors (Lipinski definition) is 2. The molecule has 0 saturated heterocycles. The van der Waals surface area contributed by atoms with Crippen molar-refractivity contribution in [2.75, 3.05) is 7.05 Å². The van der Waals surface area contributed by atoms with Gasteiger partial charge in [-0.2, -0.15) is 0 Å². The molecule has 2 N–H and O–H groups in total. The second-order valence-corrected chi connectivity index (χ2v) is 5.77. The van der Waals surface area contributed by atoms with Crippen molar-refractivity contribution in [2.45, 2.75) is 64.1 Å². The van der Waals surface area contributed by atoms with E-state index in [1.165, 1.54) is 24.8 Å². The fraction of sp³-hybridized carbons (Fsp3) is 0.688. The second kappa shape index (κ2) is 7.48. The fourth-order valence-electron chi connectivity index (χ4n) is 3.06. The molecular weight excluding hydrogens is 250 g/mol. The maximum Gasteiger partial charge on any atom is 0.240 e. The Bertz CT molecular complexity index is 417. The maximum atomic E-state index is 12.1. The van der Waals surface area contributed by atoms with Gasteiger partial charge in [0.05, 0.1) is 0 Å². The molecule has 0 aromatic carbocycles. The number of nitrogens with one attached hydrogen (secondary N) is 2. The molecule has 1 aliphatic carbocycles. The van der Waals surface area contributed by atoms with Gasteiger partial charge in [-0.15, -0.1) is 0 Å². The van der Waals surface area contributed by atoms with Crippen LogP contribution in [0.25, 0.3) is 0 Å². The normalized spacial score (nSPS) is 17.9. The van der Waals surface area contributed by atoms with Crippen LogP contribution in [-0.4, -0.2) is 23.6 Å². The van der Waals surface area contributed by atoms with E-state index in [1.807, 2.05) is 17.8 Å².